The number of hydrogen-bond acceptors (Lipinski definition) is 3. The van der Waals surface area contributed by atoms with Gasteiger partial charge in [-0.2, -0.15) is 0 Å². The molecule has 1 aliphatic carbocycles. The Morgan fingerprint density at radius 1 is 1.24 bits per heavy atom. The van der Waals surface area contributed by atoms with E-state index >= 15 is 0 Å². The minimum absolute atomic E-state index is 0.279. The lowest BCUT2D eigenvalue weighted by Gasteiger charge is -2.35. The van der Waals surface area contributed by atoms with E-state index in [-0.39, 0.29) is 6.04 Å². The number of nitrogens with two attached hydrogens (primary N) is 1. The van der Waals surface area contributed by atoms with E-state index in [1.807, 2.05) is 12.5 Å². The van der Waals surface area contributed by atoms with Crippen molar-refractivity contribution in [1.82, 2.24) is 14.5 Å². The molecule has 110 valence electrons. The summed E-state index contributed by atoms with van der Waals surface area (Å²) < 4.78 is 2.35. The van der Waals surface area contributed by atoms with Crippen LogP contribution < -0.4 is 5.73 Å². The highest BCUT2D eigenvalue weighted by Gasteiger charge is 2.31. The highest BCUT2D eigenvalue weighted by atomic mass is 15.2. The maximum absolute atomic E-state index is 6.12. The first-order chi connectivity index (χ1) is 10.4. The Bertz CT molecular complexity index is 629. The fourth-order valence-electron chi connectivity index (χ4n) is 3.47. The molecule has 0 spiro atoms. The second-order valence-corrected chi connectivity index (χ2v) is 6.20. The quantitative estimate of drug-likeness (QED) is 0.936. The number of hydrogen-bond donors (Lipinski definition) is 1. The number of nitrogens with zero attached hydrogens (tertiary/aromatic N) is 3. The van der Waals surface area contributed by atoms with Gasteiger partial charge < -0.3 is 10.3 Å². The summed E-state index contributed by atoms with van der Waals surface area (Å²) >= 11 is 0. The highest BCUT2D eigenvalue weighted by Crippen LogP contribution is 2.38. The van der Waals surface area contributed by atoms with Crippen molar-refractivity contribution >= 4 is 0 Å². The molecule has 2 aliphatic rings. The van der Waals surface area contributed by atoms with Gasteiger partial charge in [-0.1, -0.05) is 24.3 Å². The van der Waals surface area contributed by atoms with Crippen LogP contribution in [0.5, 0.6) is 0 Å². The molecule has 4 rings (SSSR count). The van der Waals surface area contributed by atoms with Crippen molar-refractivity contribution in [3.63, 3.8) is 0 Å². The Labute approximate surface area is 125 Å². The molecule has 0 amide bonds. The van der Waals surface area contributed by atoms with Crippen LogP contribution in [-0.4, -0.2) is 27.5 Å². The molecule has 1 fully saturated rings. The van der Waals surface area contributed by atoms with E-state index in [4.69, 9.17) is 5.73 Å². The molecule has 1 aromatic carbocycles. The Kier molecular flexibility index (Phi) is 3.28. The third-order valence-electron chi connectivity index (χ3n) is 4.80. The van der Waals surface area contributed by atoms with Crippen molar-refractivity contribution in [1.29, 1.82) is 0 Å². The van der Waals surface area contributed by atoms with Gasteiger partial charge in [0, 0.05) is 31.9 Å². The van der Waals surface area contributed by atoms with Crippen molar-refractivity contribution in [2.45, 2.75) is 37.9 Å². The molecular formula is C17H22N4. The number of imidazole rings is 1. The molecule has 1 saturated carbocycles. The molecule has 2 heterocycles. The van der Waals surface area contributed by atoms with Gasteiger partial charge in [-0.3, -0.25) is 4.90 Å². The smallest absolute Gasteiger partial charge is 0.0951 e. The second-order valence-electron chi connectivity index (χ2n) is 6.20. The Morgan fingerprint density at radius 2 is 2.05 bits per heavy atom. The zero-order chi connectivity index (χ0) is 14.2. The van der Waals surface area contributed by atoms with Crippen LogP contribution in [0.4, 0.5) is 0 Å². The number of fused-ring (bicyclic) bond motifs is 1. The van der Waals surface area contributed by atoms with Gasteiger partial charge in [-0.25, -0.2) is 4.98 Å². The monoisotopic (exact) mass is 282 g/mol. The third-order valence-corrected chi connectivity index (χ3v) is 4.80. The molecule has 0 radical (unpaired) electrons. The molecule has 4 heteroatoms. The first kappa shape index (κ1) is 13.0. The number of benzene rings is 1. The van der Waals surface area contributed by atoms with Crippen LogP contribution in [0, 0.1) is 0 Å². The minimum Gasteiger partial charge on any atom is -0.330 e. The maximum atomic E-state index is 6.12. The SMILES string of the molecule is NCC(c1cncn1C1CC1)N1CCc2ccccc2C1. The van der Waals surface area contributed by atoms with Crippen LogP contribution >= 0.6 is 0 Å². The van der Waals surface area contributed by atoms with E-state index in [1.54, 1.807) is 0 Å². The Balaban J connectivity index is 1.60. The standard InChI is InChI=1S/C17H22N4/c18-9-16(17-10-19-12-21(17)15-5-6-15)20-8-7-13-3-1-2-4-14(13)11-20/h1-4,10,12,15-16H,5-9,11,18H2. The van der Waals surface area contributed by atoms with Crippen LogP contribution in [0.1, 0.15) is 41.7 Å². The van der Waals surface area contributed by atoms with Crippen LogP contribution in [0.15, 0.2) is 36.8 Å². The van der Waals surface area contributed by atoms with Crippen molar-refractivity contribution in [2.75, 3.05) is 13.1 Å². The van der Waals surface area contributed by atoms with E-state index in [1.165, 1.54) is 29.7 Å². The van der Waals surface area contributed by atoms with E-state index < -0.39 is 0 Å². The van der Waals surface area contributed by atoms with E-state index in [2.05, 4.69) is 38.7 Å². The summed E-state index contributed by atoms with van der Waals surface area (Å²) in [7, 11) is 0. The molecule has 21 heavy (non-hydrogen) atoms. The van der Waals surface area contributed by atoms with Crippen molar-refractivity contribution in [3.05, 3.63) is 53.6 Å². The zero-order valence-corrected chi connectivity index (χ0v) is 12.3. The molecule has 0 bridgehead atoms. The van der Waals surface area contributed by atoms with Crippen LogP contribution in [0.3, 0.4) is 0 Å². The highest BCUT2D eigenvalue weighted by molar-refractivity contribution is 5.29. The molecule has 1 aromatic heterocycles. The van der Waals surface area contributed by atoms with Gasteiger partial charge in [0.1, 0.15) is 0 Å². The molecule has 1 aliphatic heterocycles. The average Bonchev–Trinajstić information content (AvgIpc) is 3.27. The summed E-state index contributed by atoms with van der Waals surface area (Å²) in [5.74, 6) is 0. The molecule has 2 N–H and O–H groups in total. The Morgan fingerprint density at radius 3 is 2.81 bits per heavy atom. The summed E-state index contributed by atoms with van der Waals surface area (Å²) in [5.41, 5.74) is 10.3. The van der Waals surface area contributed by atoms with Gasteiger partial charge in [0.15, 0.2) is 0 Å². The maximum Gasteiger partial charge on any atom is 0.0951 e. The zero-order valence-electron chi connectivity index (χ0n) is 12.3. The van der Waals surface area contributed by atoms with Gasteiger partial charge in [-0.05, 0) is 30.4 Å². The Hall–Kier alpha value is -1.65. The molecule has 4 nitrogen and oxygen atoms in total. The van der Waals surface area contributed by atoms with Crippen LogP contribution in [-0.2, 0) is 13.0 Å². The van der Waals surface area contributed by atoms with Gasteiger partial charge >= 0.3 is 0 Å². The number of aromatic nitrogens is 2. The van der Waals surface area contributed by atoms with E-state index in [0.29, 0.717) is 12.6 Å². The number of rotatable bonds is 4. The predicted molar refractivity (Wildman–Crippen MR) is 82.8 cm³/mol. The molecular weight excluding hydrogens is 260 g/mol. The fourth-order valence-corrected chi connectivity index (χ4v) is 3.47. The lowest BCUT2D eigenvalue weighted by atomic mass is 9.98. The summed E-state index contributed by atoms with van der Waals surface area (Å²) in [6, 6.07) is 9.70. The van der Waals surface area contributed by atoms with Crippen LogP contribution in [0.25, 0.3) is 0 Å². The summed E-state index contributed by atoms with van der Waals surface area (Å²) in [4.78, 5) is 6.88. The van der Waals surface area contributed by atoms with Crippen molar-refractivity contribution in [2.24, 2.45) is 5.73 Å². The lowest BCUT2D eigenvalue weighted by molar-refractivity contribution is 0.176. The molecule has 1 atom stereocenters. The largest absolute Gasteiger partial charge is 0.330 e. The fraction of sp³-hybridized carbons (Fsp3) is 0.471. The van der Waals surface area contributed by atoms with Crippen molar-refractivity contribution in [3.8, 4) is 0 Å². The van der Waals surface area contributed by atoms with Gasteiger partial charge in [0.25, 0.3) is 0 Å². The van der Waals surface area contributed by atoms with Gasteiger partial charge in [0.2, 0.25) is 0 Å². The normalized spacial score (nSPS) is 20.2. The predicted octanol–water partition coefficient (Wildman–Crippen LogP) is 2.28. The topological polar surface area (TPSA) is 47.1 Å². The van der Waals surface area contributed by atoms with Crippen LogP contribution in [0.2, 0.25) is 0 Å². The third kappa shape index (κ3) is 2.39. The van der Waals surface area contributed by atoms with E-state index in [9.17, 15) is 0 Å². The summed E-state index contributed by atoms with van der Waals surface area (Å²) in [6.07, 6.45) is 7.67. The first-order valence-electron chi connectivity index (χ1n) is 7.89. The lowest BCUT2D eigenvalue weighted by Crippen LogP contribution is -2.38. The molecule has 2 aromatic rings. The summed E-state index contributed by atoms with van der Waals surface area (Å²) in [5, 5.41) is 0. The van der Waals surface area contributed by atoms with Gasteiger partial charge in [0.05, 0.1) is 18.1 Å². The van der Waals surface area contributed by atoms with Gasteiger partial charge in [-0.15, -0.1) is 0 Å². The minimum atomic E-state index is 0.279. The van der Waals surface area contributed by atoms with Crippen molar-refractivity contribution < 1.29 is 0 Å². The molecule has 0 saturated heterocycles. The second kappa shape index (κ2) is 5.28. The first-order valence-corrected chi connectivity index (χ1v) is 7.89. The summed E-state index contributed by atoms with van der Waals surface area (Å²) in [6.45, 7) is 2.73. The van der Waals surface area contributed by atoms with E-state index in [0.717, 1.165) is 19.5 Å². The molecule has 1 unspecified atom stereocenters. The average molecular weight is 282 g/mol.